The van der Waals surface area contributed by atoms with E-state index in [0.29, 0.717) is 11.7 Å². The lowest BCUT2D eigenvalue weighted by Gasteiger charge is -2.16. The van der Waals surface area contributed by atoms with E-state index in [2.05, 4.69) is 17.1 Å². The highest BCUT2D eigenvalue weighted by atomic mass is 15.0. The van der Waals surface area contributed by atoms with Gasteiger partial charge in [0.2, 0.25) is 0 Å². The smallest absolute Gasteiger partial charge is 0.135 e. The minimum absolute atomic E-state index is 0.541. The normalized spacial score (nSPS) is 15.8. The molecule has 1 aliphatic carbocycles. The summed E-state index contributed by atoms with van der Waals surface area (Å²) in [5.41, 5.74) is 9.48. The van der Waals surface area contributed by atoms with Crippen LogP contribution in [0.15, 0.2) is 30.3 Å². The highest BCUT2D eigenvalue weighted by Crippen LogP contribution is 2.39. The molecular weight excluding hydrogens is 234 g/mol. The predicted molar refractivity (Wildman–Crippen MR) is 77.8 cm³/mol. The van der Waals surface area contributed by atoms with Crippen molar-refractivity contribution in [1.82, 2.24) is 9.97 Å². The van der Waals surface area contributed by atoms with Crippen molar-refractivity contribution in [3.63, 3.8) is 0 Å². The van der Waals surface area contributed by atoms with Gasteiger partial charge >= 0.3 is 0 Å². The van der Waals surface area contributed by atoms with Gasteiger partial charge in [-0.1, -0.05) is 43.2 Å². The number of benzene rings is 1. The Labute approximate surface area is 113 Å². The largest absolute Gasteiger partial charge is 0.383 e. The van der Waals surface area contributed by atoms with E-state index in [1.165, 1.54) is 25.7 Å². The van der Waals surface area contributed by atoms with Crippen LogP contribution in [0.1, 0.15) is 43.1 Å². The Hall–Kier alpha value is -1.90. The molecule has 2 aromatic rings. The first-order valence-electron chi connectivity index (χ1n) is 6.95. The Balaban J connectivity index is 2.16. The molecule has 0 amide bonds. The number of hydrogen-bond donors (Lipinski definition) is 1. The fourth-order valence-electron chi connectivity index (χ4n) is 3.01. The quantitative estimate of drug-likeness (QED) is 0.888. The Kier molecular flexibility index (Phi) is 3.20. The van der Waals surface area contributed by atoms with Gasteiger partial charge in [-0.2, -0.15) is 0 Å². The average molecular weight is 253 g/mol. The number of aromatic nitrogens is 2. The van der Waals surface area contributed by atoms with E-state index < -0.39 is 0 Å². The Morgan fingerprint density at radius 2 is 1.74 bits per heavy atom. The number of nitrogens with two attached hydrogens (primary N) is 1. The molecule has 0 unspecified atom stereocenters. The molecule has 1 fully saturated rings. The van der Waals surface area contributed by atoms with Crippen molar-refractivity contribution >= 4 is 5.82 Å². The summed E-state index contributed by atoms with van der Waals surface area (Å²) in [7, 11) is 0. The van der Waals surface area contributed by atoms with Crippen LogP contribution in [0.5, 0.6) is 0 Å². The molecule has 0 atom stereocenters. The molecule has 98 valence electrons. The highest BCUT2D eigenvalue weighted by molar-refractivity contribution is 5.76. The van der Waals surface area contributed by atoms with Crippen molar-refractivity contribution in [1.29, 1.82) is 0 Å². The van der Waals surface area contributed by atoms with Crippen molar-refractivity contribution in [2.45, 2.75) is 38.5 Å². The van der Waals surface area contributed by atoms with Gasteiger partial charge in [0, 0.05) is 11.5 Å². The van der Waals surface area contributed by atoms with Gasteiger partial charge in [-0.25, -0.2) is 9.97 Å². The third kappa shape index (κ3) is 2.33. The Morgan fingerprint density at radius 1 is 1.05 bits per heavy atom. The summed E-state index contributed by atoms with van der Waals surface area (Å²) in [5.74, 6) is 1.93. The average Bonchev–Trinajstić information content (AvgIpc) is 2.92. The van der Waals surface area contributed by atoms with Crippen molar-refractivity contribution in [3.8, 4) is 11.1 Å². The van der Waals surface area contributed by atoms with Gasteiger partial charge < -0.3 is 5.73 Å². The third-order valence-electron chi connectivity index (χ3n) is 3.88. The van der Waals surface area contributed by atoms with Gasteiger partial charge in [0.25, 0.3) is 0 Å². The first-order valence-corrected chi connectivity index (χ1v) is 6.95. The summed E-state index contributed by atoms with van der Waals surface area (Å²) in [6.07, 6.45) is 5.02. The predicted octanol–water partition coefficient (Wildman–Crippen LogP) is 3.69. The molecule has 3 rings (SSSR count). The molecular formula is C16H19N3. The molecule has 0 saturated heterocycles. The van der Waals surface area contributed by atoms with Crippen molar-refractivity contribution in [3.05, 3.63) is 41.9 Å². The van der Waals surface area contributed by atoms with E-state index in [9.17, 15) is 0 Å². The molecule has 2 N–H and O–H groups in total. The van der Waals surface area contributed by atoms with Crippen molar-refractivity contribution < 1.29 is 0 Å². The van der Waals surface area contributed by atoms with Gasteiger partial charge in [0.1, 0.15) is 11.6 Å². The first kappa shape index (κ1) is 12.2. The molecule has 1 aromatic carbocycles. The Bertz CT molecular complexity index is 572. The maximum atomic E-state index is 6.17. The molecule has 3 heteroatoms. The first-order chi connectivity index (χ1) is 9.25. The van der Waals surface area contributed by atoms with Gasteiger partial charge in [-0.3, -0.25) is 0 Å². The minimum Gasteiger partial charge on any atom is -0.383 e. The van der Waals surface area contributed by atoms with E-state index in [4.69, 9.17) is 10.7 Å². The molecule has 0 bridgehead atoms. The minimum atomic E-state index is 0.541. The third-order valence-corrected chi connectivity index (χ3v) is 3.88. The van der Waals surface area contributed by atoms with Crippen LogP contribution in [-0.4, -0.2) is 9.97 Å². The topological polar surface area (TPSA) is 51.8 Å². The van der Waals surface area contributed by atoms with E-state index in [1.54, 1.807) is 0 Å². The van der Waals surface area contributed by atoms with E-state index in [0.717, 1.165) is 22.6 Å². The molecule has 1 aliphatic rings. The number of hydrogen-bond acceptors (Lipinski definition) is 3. The fraction of sp³-hybridized carbons (Fsp3) is 0.375. The fourth-order valence-corrected chi connectivity index (χ4v) is 3.01. The number of nitrogen functional groups attached to an aromatic ring is 1. The van der Waals surface area contributed by atoms with Gasteiger partial charge in [-0.05, 0) is 25.3 Å². The van der Waals surface area contributed by atoms with Crippen LogP contribution in [0.2, 0.25) is 0 Å². The second-order valence-electron chi connectivity index (χ2n) is 5.26. The zero-order valence-corrected chi connectivity index (χ0v) is 11.3. The van der Waals surface area contributed by atoms with Gasteiger partial charge in [0.05, 0.1) is 5.69 Å². The molecule has 19 heavy (non-hydrogen) atoms. The number of nitrogens with zero attached hydrogens (tertiary/aromatic N) is 2. The van der Waals surface area contributed by atoms with Crippen LogP contribution in [0.25, 0.3) is 11.1 Å². The SMILES string of the molecule is Cc1nc(N)c(-c2ccccc2)c(C2CCCC2)n1. The molecule has 1 heterocycles. The summed E-state index contributed by atoms with van der Waals surface area (Å²) in [6, 6.07) is 10.3. The maximum Gasteiger partial charge on any atom is 0.135 e. The van der Waals surface area contributed by atoms with Crippen LogP contribution >= 0.6 is 0 Å². The summed E-state index contributed by atoms with van der Waals surface area (Å²) in [6.45, 7) is 1.92. The molecule has 1 saturated carbocycles. The number of aryl methyl sites for hydroxylation is 1. The lowest BCUT2D eigenvalue weighted by molar-refractivity contribution is 0.692. The second kappa shape index (κ2) is 5.00. The van der Waals surface area contributed by atoms with Crippen LogP contribution in [0.4, 0.5) is 5.82 Å². The van der Waals surface area contributed by atoms with Crippen molar-refractivity contribution in [2.24, 2.45) is 0 Å². The second-order valence-corrected chi connectivity index (χ2v) is 5.26. The maximum absolute atomic E-state index is 6.17. The van der Waals surface area contributed by atoms with E-state index in [1.807, 2.05) is 25.1 Å². The highest BCUT2D eigenvalue weighted by Gasteiger charge is 2.24. The number of anilines is 1. The van der Waals surface area contributed by atoms with Crippen LogP contribution in [-0.2, 0) is 0 Å². The van der Waals surface area contributed by atoms with Gasteiger partial charge in [-0.15, -0.1) is 0 Å². The lowest BCUT2D eigenvalue weighted by atomic mass is 9.94. The van der Waals surface area contributed by atoms with Crippen LogP contribution in [0.3, 0.4) is 0 Å². The summed E-state index contributed by atoms with van der Waals surface area (Å²) < 4.78 is 0. The van der Waals surface area contributed by atoms with Crippen LogP contribution in [0, 0.1) is 6.92 Å². The van der Waals surface area contributed by atoms with Gasteiger partial charge in [0.15, 0.2) is 0 Å². The summed E-state index contributed by atoms with van der Waals surface area (Å²) in [4.78, 5) is 9.05. The monoisotopic (exact) mass is 253 g/mol. The molecule has 3 nitrogen and oxygen atoms in total. The molecule has 0 spiro atoms. The lowest BCUT2D eigenvalue weighted by Crippen LogP contribution is -2.07. The van der Waals surface area contributed by atoms with E-state index >= 15 is 0 Å². The van der Waals surface area contributed by atoms with Crippen molar-refractivity contribution in [2.75, 3.05) is 5.73 Å². The summed E-state index contributed by atoms with van der Waals surface area (Å²) >= 11 is 0. The molecule has 0 radical (unpaired) electrons. The zero-order valence-electron chi connectivity index (χ0n) is 11.3. The Morgan fingerprint density at radius 3 is 2.42 bits per heavy atom. The van der Waals surface area contributed by atoms with E-state index in [-0.39, 0.29) is 0 Å². The summed E-state index contributed by atoms with van der Waals surface area (Å²) in [5, 5.41) is 0. The number of rotatable bonds is 2. The van der Waals surface area contributed by atoms with Crippen LogP contribution < -0.4 is 5.73 Å². The molecule has 0 aliphatic heterocycles. The standard InChI is InChI=1S/C16H19N3/c1-11-18-15(13-9-5-6-10-13)14(16(17)19-11)12-7-3-2-4-8-12/h2-4,7-8,13H,5-6,9-10H2,1H3,(H2,17,18,19). The zero-order chi connectivity index (χ0) is 13.2. The molecule has 1 aromatic heterocycles.